The van der Waals surface area contributed by atoms with Gasteiger partial charge in [-0.25, -0.2) is 12.8 Å². The van der Waals surface area contributed by atoms with Crippen LogP contribution in [0, 0.1) is 11.2 Å². The van der Waals surface area contributed by atoms with Crippen LogP contribution in [0.15, 0.2) is 58.4 Å². The minimum atomic E-state index is -3.32. The molecule has 0 radical (unpaired) electrons. The number of nitrogens with zero attached hydrogens (tertiary/aromatic N) is 1. The zero-order valence-corrected chi connectivity index (χ0v) is 16.0. The summed E-state index contributed by atoms with van der Waals surface area (Å²) >= 11 is 0. The van der Waals surface area contributed by atoms with E-state index in [0.29, 0.717) is 11.1 Å². The first-order chi connectivity index (χ1) is 12.0. The van der Waals surface area contributed by atoms with Gasteiger partial charge in [0.15, 0.2) is 9.84 Å². The first-order valence-electron chi connectivity index (χ1n) is 8.02. The lowest BCUT2D eigenvalue weighted by Crippen LogP contribution is -2.06. The summed E-state index contributed by atoms with van der Waals surface area (Å²) in [5.74, 6) is -0.498. The minimum absolute atomic E-state index is 0.114. The number of halogens is 1. The van der Waals surface area contributed by atoms with E-state index in [0.717, 1.165) is 6.26 Å². The smallest absolute Gasteiger partial charge is 0.175 e. The molecule has 0 unspecified atom stereocenters. The van der Waals surface area contributed by atoms with E-state index in [1.165, 1.54) is 48.5 Å². The fourth-order valence-corrected chi connectivity index (χ4v) is 2.77. The van der Waals surface area contributed by atoms with Gasteiger partial charge in [0, 0.05) is 23.6 Å². The van der Waals surface area contributed by atoms with Crippen molar-refractivity contribution in [1.82, 2.24) is 0 Å². The standard InChI is InChI=1S/C20H22FNO3S/c1-20(2,3)13-22-18(14-5-9-16(21)10-6-14)19(23)15-7-11-17(12-8-15)26(4,24)25/h5-13,23H,1-4H3/b19-18-,22-13?. The molecule has 0 atom stereocenters. The molecule has 0 aliphatic carbocycles. The third-order valence-corrected chi connectivity index (χ3v) is 4.61. The molecule has 0 bridgehead atoms. The molecule has 2 rings (SSSR count). The maximum atomic E-state index is 13.2. The van der Waals surface area contributed by atoms with E-state index in [4.69, 9.17) is 0 Å². The monoisotopic (exact) mass is 375 g/mol. The van der Waals surface area contributed by atoms with Gasteiger partial charge in [0.05, 0.1) is 4.90 Å². The predicted octanol–water partition coefficient (Wildman–Crippen LogP) is 4.73. The van der Waals surface area contributed by atoms with E-state index in [2.05, 4.69) is 4.99 Å². The van der Waals surface area contributed by atoms with Crippen molar-refractivity contribution in [1.29, 1.82) is 0 Å². The van der Waals surface area contributed by atoms with Crippen molar-refractivity contribution < 1.29 is 17.9 Å². The van der Waals surface area contributed by atoms with Crippen molar-refractivity contribution in [2.75, 3.05) is 6.26 Å². The van der Waals surface area contributed by atoms with Crippen molar-refractivity contribution in [2.45, 2.75) is 25.7 Å². The summed E-state index contributed by atoms with van der Waals surface area (Å²) in [6.45, 7) is 5.91. The Morgan fingerprint density at radius 3 is 1.96 bits per heavy atom. The van der Waals surface area contributed by atoms with Crippen molar-refractivity contribution in [3.8, 4) is 0 Å². The fourth-order valence-electron chi connectivity index (χ4n) is 2.14. The van der Waals surface area contributed by atoms with E-state index in [9.17, 15) is 17.9 Å². The van der Waals surface area contributed by atoms with Crippen molar-refractivity contribution in [3.63, 3.8) is 0 Å². The van der Waals surface area contributed by atoms with Crippen LogP contribution < -0.4 is 0 Å². The molecule has 0 aliphatic rings. The molecule has 0 spiro atoms. The highest BCUT2D eigenvalue weighted by molar-refractivity contribution is 7.90. The van der Waals surface area contributed by atoms with Gasteiger partial charge >= 0.3 is 0 Å². The lowest BCUT2D eigenvalue weighted by Gasteiger charge is -2.13. The van der Waals surface area contributed by atoms with Crippen LogP contribution in [0.1, 0.15) is 31.9 Å². The van der Waals surface area contributed by atoms with Gasteiger partial charge in [0.1, 0.15) is 17.3 Å². The summed E-state index contributed by atoms with van der Waals surface area (Å²) in [5, 5.41) is 10.7. The second-order valence-electron chi connectivity index (χ2n) is 7.12. The van der Waals surface area contributed by atoms with E-state index in [-0.39, 0.29) is 27.6 Å². The Labute approximate surface area is 153 Å². The molecule has 0 saturated carbocycles. The Bertz CT molecular complexity index is 936. The molecule has 26 heavy (non-hydrogen) atoms. The second kappa shape index (κ2) is 7.41. The van der Waals surface area contributed by atoms with Crippen LogP contribution in [0.25, 0.3) is 11.5 Å². The van der Waals surface area contributed by atoms with Gasteiger partial charge in [-0.3, -0.25) is 4.99 Å². The maximum Gasteiger partial charge on any atom is 0.175 e. The van der Waals surface area contributed by atoms with Crippen LogP contribution in [0.4, 0.5) is 4.39 Å². The van der Waals surface area contributed by atoms with Gasteiger partial charge in [-0.05, 0) is 53.9 Å². The number of benzene rings is 2. The van der Waals surface area contributed by atoms with Gasteiger partial charge in [0.25, 0.3) is 0 Å². The molecular formula is C20H22FNO3S. The highest BCUT2D eigenvalue weighted by Crippen LogP contribution is 2.27. The summed E-state index contributed by atoms with van der Waals surface area (Å²) in [5.41, 5.74) is 1.04. The zero-order chi connectivity index (χ0) is 19.5. The molecule has 4 nitrogen and oxygen atoms in total. The maximum absolute atomic E-state index is 13.2. The second-order valence-corrected chi connectivity index (χ2v) is 9.14. The Morgan fingerprint density at radius 1 is 1.00 bits per heavy atom. The Morgan fingerprint density at radius 2 is 1.50 bits per heavy atom. The topological polar surface area (TPSA) is 66.7 Å². The van der Waals surface area contributed by atoms with Crippen molar-refractivity contribution in [3.05, 3.63) is 65.5 Å². The number of hydrogen-bond donors (Lipinski definition) is 1. The number of aliphatic imine (C=N–C) groups is 1. The summed E-state index contributed by atoms with van der Waals surface area (Å²) < 4.78 is 36.4. The third kappa shape index (κ3) is 5.26. The molecule has 2 aromatic carbocycles. The number of aliphatic hydroxyl groups is 1. The molecule has 0 aromatic heterocycles. The molecular weight excluding hydrogens is 353 g/mol. The first kappa shape index (κ1) is 19.8. The molecule has 0 saturated heterocycles. The lowest BCUT2D eigenvalue weighted by atomic mass is 9.99. The summed E-state index contributed by atoms with van der Waals surface area (Å²) in [4.78, 5) is 4.57. The van der Waals surface area contributed by atoms with Crippen molar-refractivity contribution >= 4 is 27.5 Å². The van der Waals surface area contributed by atoms with Gasteiger partial charge < -0.3 is 5.11 Å². The summed E-state index contributed by atoms with van der Waals surface area (Å²) in [7, 11) is -3.32. The molecule has 0 aliphatic heterocycles. The molecule has 0 fully saturated rings. The van der Waals surface area contributed by atoms with Gasteiger partial charge in [-0.1, -0.05) is 20.8 Å². The van der Waals surface area contributed by atoms with Gasteiger partial charge in [-0.2, -0.15) is 0 Å². The first-order valence-corrected chi connectivity index (χ1v) is 9.91. The average Bonchev–Trinajstić information content (AvgIpc) is 2.54. The largest absolute Gasteiger partial charge is 0.505 e. The molecule has 0 amide bonds. The SMILES string of the molecule is CC(C)(C)C=N/C(=C(\O)c1ccc(S(C)(=O)=O)cc1)c1ccc(F)cc1. The van der Waals surface area contributed by atoms with Crippen molar-refractivity contribution in [2.24, 2.45) is 10.4 Å². The van der Waals surface area contributed by atoms with E-state index in [1.807, 2.05) is 20.8 Å². The summed E-state index contributed by atoms with van der Waals surface area (Å²) in [6, 6.07) is 11.5. The fraction of sp³-hybridized carbons (Fsp3) is 0.250. The number of aliphatic hydroxyl groups excluding tert-OH is 1. The molecule has 6 heteroatoms. The number of hydrogen-bond acceptors (Lipinski definition) is 4. The van der Waals surface area contributed by atoms with E-state index >= 15 is 0 Å². The number of rotatable bonds is 4. The van der Waals surface area contributed by atoms with Gasteiger partial charge in [0.2, 0.25) is 0 Å². The molecule has 1 N–H and O–H groups in total. The van der Waals surface area contributed by atoms with Crippen LogP contribution in [-0.4, -0.2) is 26.0 Å². The minimum Gasteiger partial charge on any atom is -0.505 e. The Kier molecular flexibility index (Phi) is 5.66. The molecule has 2 aromatic rings. The normalized spacial score (nSPS) is 13.7. The highest BCUT2D eigenvalue weighted by Gasteiger charge is 2.14. The van der Waals surface area contributed by atoms with E-state index < -0.39 is 9.84 Å². The zero-order valence-electron chi connectivity index (χ0n) is 15.2. The quantitative estimate of drug-likeness (QED) is 0.477. The van der Waals surface area contributed by atoms with Crippen LogP contribution in [0.2, 0.25) is 0 Å². The Balaban J connectivity index is 2.57. The average molecular weight is 375 g/mol. The van der Waals surface area contributed by atoms with Crippen LogP contribution in [0.5, 0.6) is 0 Å². The highest BCUT2D eigenvalue weighted by atomic mass is 32.2. The van der Waals surface area contributed by atoms with Gasteiger partial charge in [-0.15, -0.1) is 0 Å². The summed E-state index contributed by atoms with van der Waals surface area (Å²) in [6.07, 6.45) is 2.82. The van der Waals surface area contributed by atoms with E-state index in [1.54, 1.807) is 6.21 Å². The lowest BCUT2D eigenvalue weighted by molar-refractivity contribution is 0.512. The van der Waals surface area contributed by atoms with Crippen LogP contribution in [-0.2, 0) is 9.84 Å². The predicted molar refractivity (Wildman–Crippen MR) is 103 cm³/mol. The van der Waals surface area contributed by atoms with Crippen LogP contribution >= 0.6 is 0 Å². The number of sulfone groups is 1. The van der Waals surface area contributed by atoms with Crippen LogP contribution in [0.3, 0.4) is 0 Å². The Hall–Kier alpha value is -2.47. The molecule has 138 valence electrons. The molecule has 0 heterocycles. The third-order valence-electron chi connectivity index (χ3n) is 3.48.